The third kappa shape index (κ3) is 2.49. The van der Waals surface area contributed by atoms with Crippen molar-refractivity contribution in [2.24, 2.45) is 5.84 Å². The van der Waals surface area contributed by atoms with Crippen molar-refractivity contribution in [3.63, 3.8) is 0 Å². The first-order valence-corrected chi connectivity index (χ1v) is 7.59. The molecule has 0 saturated carbocycles. The van der Waals surface area contributed by atoms with Gasteiger partial charge in [0.05, 0.1) is 12.7 Å². The number of nitrogen functional groups attached to an aromatic ring is 1. The van der Waals surface area contributed by atoms with Gasteiger partial charge in [0.15, 0.2) is 17.3 Å². The van der Waals surface area contributed by atoms with Gasteiger partial charge in [-0.3, -0.25) is 0 Å². The summed E-state index contributed by atoms with van der Waals surface area (Å²) < 4.78 is 3.00. The van der Waals surface area contributed by atoms with Gasteiger partial charge in [0, 0.05) is 34.2 Å². The van der Waals surface area contributed by atoms with Crippen molar-refractivity contribution in [3.05, 3.63) is 39.4 Å². The van der Waals surface area contributed by atoms with Crippen LogP contribution in [0.25, 0.3) is 5.65 Å². The van der Waals surface area contributed by atoms with Gasteiger partial charge in [-0.15, -0.1) is 11.3 Å². The van der Waals surface area contributed by atoms with Crippen molar-refractivity contribution >= 4 is 44.5 Å². The first-order chi connectivity index (χ1) is 9.67. The molecule has 0 aliphatic heterocycles. The summed E-state index contributed by atoms with van der Waals surface area (Å²) in [6.07, 6.45) is 5.43. The van der Waals surface area contributed by atoms with Gasteiger partial charge < -0.3 is 14.7 Å². The lowest BCUT2D eigenvalue weighted by atomic mass is 10.4. The van der Waals surface area contributed by atoms with Crippen molar-refractivity contribution in [1.29, 1.82) is 0 Å². The molecule has 6 nitrogen and oxygen atoms in total. The van der Waals surface area contributed by atoms with Gasteiger partial charge in [0.25, 0.3) is 0 Å². The maximum atomic E-state index is 5.47. The Hall–Kier alpha value is -1.64. The molecule has 0 radical (unpaired) electrons. The number of anilines is 2. The van der Waals surface area contributed by atoms with E-state index in [-0.39, 0.29) is 0 Å². The van der Waals surface area contributed by atoms with E-state index in [1.165, 1.54) is 4.88 Å². The van der Waals surface area contributed by atoms with Crippen LogP contribution in [0.3, 0.4) is 0 Å². The molecule has 0 aliphatic rings. The summed E-state index contributed by atoms with van der Waals surface area (Å²) in [7, 11) is 1.99. The maximum absolute atomic E-state index is 5.47. The second kappa shape index (κ2) is 5.39. The molecule has 8 heteroatoms. The lowest BCUT2D eigenvalue weighted by Gasteiger charge is -2.18. The van der Waals surface area contributed by atoms with Crippen molar-refractivity contribution in [2.45, 2.75) is 6.54 Å². The van der Waals surface area contributed by atoms with Crippen LogP contribution < -0.4 is 16.2 Å². The normalized spacial score (nSPS) is 10.9. The molecule has 3 N–H and O–H groups in total. The van der Waals surface area contributed by atoms with Gasteiger partial charge in [0.1, 0.15) is 0 Å². The van der Waals surface area contributed by atoms with Crippen LogP contribution in [-0.4, -0.2) is 21.4 Å². The van der Waals surface area contributed by atoms with E-state index >= 15 is 0 Å². The van der Waals surface area contributed by atoms with Crippen LogP contribution in [0.5, 0.6) is 0 Å². The number of rotatable bonds is 4. The highest BCUT2D eigenvalue weighted by Gasteiger charge is 2.12. The number of halogens is 1. The van der Waals surface area contributed by atoms with E-state index in [0.29, 0.717) is 5.82 Å². The zero-order valence-electron chi connectivity index (χ0n) is 10.7. The summed E-state index contributed by atoms with van der Waals surface area (Å²) in [6.45, 7) is 0.764. The Labute approximate surface area is 128 Å². The molecular formula is C12H13BrN6S. The fourth-order valence-electron chi connectivity index (χ4n) is 1.99. The Morgan fingerprint density at radius 3 is 3.10 bits per heavy atom. The number of imidazole rings is 1. The van der Waals surface area contributed by atoms with E-state index < -0.39 is 0 Å². The van der Waals surface area contributed by atoms with E-state index in [0.717, 1.165) is 22.5 Å². The number of thiophene rings is 1. The average Bonchev–Trinajstić information content (AvgIpc) is 3.06. The first-order valence-electron chi connectivity index (χ1n) is 5.92. The average molecular weight is 353 g/mol. The predicted molar refractivity (Wildman–Crippen MR) is 84.9 cm³/mol. The number of hydrogen-bond donors (Lipinski definition) is 2. The molecule has 0 aliphatic carbocycles. The summed E-state index contributed by atoms with van der Waals surface area (Å²) in [5.41, 5.74) is 3.39. The van der Waals surface area contributed by atoms with Gasteiger partial charge in [-0.1, -0.05) is 0 Å². The zero-order chi connectivity index (χ0) is 14.1. The Kier molecular flexibility index (Phi) is 3.60. The minimum absolute atomic E-state index is 0.602. The fraction of sp³-hybridized carbons (Fsp3) is 0.167. The van der Waals surface area contributed by atoms with Crippen LogP contribution in [0, 0.1) is 0 Å². The van der Waals surface area contributed by atoms with E-state index in [1.807, 2.05) is 17.6 Å². The molecule has 20 heavy (non-hydrogen) atoms. The number of fused-ring (bicyclic) bond motifs is 1. The van der Waals surface area contributed by atoms with E-state index in [1.54, 1.807) is 23.7 Å². The van der Waals surface area contributed by atoms with Crippen molar-refractivity contribution in [1.82, 2.24) is 14.4 Å². The predicted octanol–water partition coefficient (Wildman–Crippen LogP) is 2.48. The summed E-state index contributed by atoms with van der Waals surface area (Å²) in [4.78, 5) is 12.1. The molecule has 0 amide bonds. The van der Waals surface area contributed by atoms with Crippen LogP contribution in [0.2, 0.25) is 0 Å². The number of nitrogens with two attached hydrogens (primary N) is 1. The van der Waals surface area contributed by atoms with E-state index in [9.17, 15) is 0 Å². The molecule has 0 aromatic carbocycles. The van der Waals surface area contributed by atoms with E-state index in [2.05, 4.69) is 47.7 Å². The largest absolute Gasteiger partial charge is 0.351 e. The highest BCUT2D eigenvalue weighted by Crippen LogP contribution is 2.25. The SMILES string of the molecule is CN(Cc1cc(Br)cs1)c1nc(NN)cn2ccnc12. The topological polar surface area (TPSA) is 71.5 Å². The van der Waals surface area contributed by atoms with Crippen LogP contribution in [0.4, 0.5) is 11.6 Å². The Morgan fingerprint density at radius 1 is 1.55 bits per heavy atom. The van der Waals surface area contributed by atoms with E-state index in [4.69, 9.17) is 5.84 Å². The lowest BCUT2D eigenvalue weighted by molar-refractivity contribution is 0.905. The van der Waals surface area contributed by atoms with Gasteiger partial charge >= 0.3 is 0 Å². The minimum Gasteiger partial charge on any atom is -0.351 e. The molecule has 3 aromatic heterocycles. The minimum atomic E-state index is 0.602. The van der Waals surface area contributed by atoms with Crippen LogP contribution in [-0.2, 0) is 6.54 Å². The third-order valence-electron chi connectivity index (χ3n) is 2.88. The first kappa shape index (κ1) is 13.3. The van der Waals surface area contributed by atoms with Crippen molar-refractivity contribution in [3.8, 4) is 0 Å². The maximum Gasteiger partial charge on any atom is 0.180 e. The molecule has 0 unspecified atom stereocenters. The second-order valence-corrected chi connectivity index (χ2v) is 6.25. The number of aromatic nitrogens is 3. The van der Waals surface area contributed by atoms with Crippen LogP contribution in [0.1, 0.15) is 4.88 Å². The molecule has 104 valence electrons. The Morgan fingerprint density at radius 2 is 2.40 bits per heavy atom. The molecular weight excluding hydrogens is 340 g/mol. The standard InChI is InChI=1S/C12H13BrN6S/c1-18(5-9-4-8(13)7-20-9)12-11-15-2-3-19(11)6-10(16-12)17-14/h2-4,6-7,17H,5,14H2,1H3. The number of hydrazine groups is 1. The highest BCUT2D eigenvalue weighted by atomic mass is 79.9. The smallest absolute Gasteiger partial charge is 0.180 e. The van der Waals surface area contributed by atoms with Gasteiger partial charge in [-0.25, -0.2) is 15.8 Å². The number of nitrogens with one attached hydrogen (secondary N) is 1. The summed E-state index contributed by atoms with van der Waals surface area (Å²) >= 11 is 5.17. The third-order valence-corrected chi connectivity index (χ3v) is 4.56. The molecule has 0 spiro atoms. The molecule has 3 rings (SSSR count). The van der Waals surface area contributed by atoms with Crippen molar-refractivity contribution < 1.29 is 0 Å². The molecule has 0 fully saturated rings. The summed E-state index contributed by atoms with van der Waals surface area (Å²) in [6, 6.07) is 2.11. The van der Waals surface area contributed by atoms with Crippen LogP contribution >= 0.6 is 27.3 Å². The van der Waals surface area contributed by atoms with Crippen molar-refractivity contribution in [2.75, 3.05) is 17.4 Å². The van der Waals surface area contributed by atoms with Gasteiger partial charge in [-0.05, 0) is 22.0 Å². The van der Waals surface area contributed by atoms with Gasteiger partial charge in [-0.2, -0.15) is 0 Å². The number of nitrogens with zero attached hydrogens (tertiary/aromatic N) is 4. The van der Waals surface area contributed by atoms with Crippen LogP contribution in [0.15, 0.2) is 34.5 Å². The monoisotopic (exact) mass is 352 g/mol. The highest BCUT2D eigenvalue weighted by molar-refractivity contribution is 9.10. The quantitative estimate of drug-likeness (QED) is 0.557. The zero-order valence-corrected chi connectivity index (χ0v) is 13.1. The van der Waals surface area contributed by atoms with Gasteiger partial charge in [0.2, 0.25) is 0 Å². The molecule has 0 atom stereocenters. The molecule has 3 heterocycles. The molecule has 0 bridgehead atoms. The number of hydrogen-bond acceptors (Lipinski definition) is 6. The second-order valence-electron chi connectivity index (χ2n) is 4.34. The molecule has 0 saturated heterocycles. The molecule has 3 aromatic rings. The summed E-state index contributed by atoms with van der Waals surface area (Å²) in [5, 5.41) is 2.07. The Bertz CT molecular complexity index is 736. The summed E-state index contributed by atoms with van der Waals surface area (Å²) in [5.74, 6) is 6.85. The Balaban J connectivity index is 1.97. The fourth-order valence-corrected chi connectivity index (χ4v) is 3.49. The lowest BCUT2D eigenvalue weighted by Crippen LogP contribution is -2.20.